The average molecular weight is 345 g/mol. The van der Waals surface area contributed by atoms with Crippen molar-refractivity contribution in [2.24, 2.45) is 11.8 Å². The molecule has 5 heteroatoms. The van der Waals surface area contributed by atoms with Gasteiger partial charge < -0.3 is 5.11 Å². The van der Waals surface area contributed by atoms with Gasteiger partial charge in [0.05, 0.1) is 11.6 Å². The van der Waals surface area contributed by atoms with E-state index in [-0.39, 0.29) is 24.5 Å². The summed E-state index contributed by atoms with van der Waals surface area (Å²) in [6.45, 7) is 5.96. The number of ketones is 1. The quantitative estimate of drug-likeness (QED) is 0.771. The second kappa shape index (κ2) is 8.20. The van der Waals surface area contributed by atoms with Crippen LogP contribution in [0.2, 0.25) is 0 Å². The lowest BCUT2D eigenvalue weighted by Gasteiger charge is -2.13. The predicted octanol–water partition coefficient (Wildman–Crippen LogP) is 4.37. The number of nitrogens with zero attached hydrogens (tertiary/aromatic N) is 1. The van der Waals surface area contributed by atoms with E-state index in [9.17, 15) is 14.7 Å². The average Bonchev–Trinajstić information content (AvgIpc) is 2.94. The molecule has 0 aliphatic carbocycles. The summed E-state index contributed by atoms with van der Waals surface area (Å²) in [5.74, 6) is -1.31. The van der Waals surface area contributed by atoms with Crippen molar-refractivity contribution >= 4 is 23.1 Å². The summed E-state index contributed by atoms with van der Waals surface area (Å²) in [4.78, 5) is 28.0. The van der Waals surface area contributed by atoms with Crippen molar-refractivity contribution in [3.05, 3.63) is 40.9 Å². The zero-order valence-electron chi connectivity index (χ0n) is 14.3. The number of hydrogen-bond acceptors (Lipinski definition) is 4. The summed E-state index contributed by atoms with van der Waals surface area (Å²) < 4.78 is 0. The molecule has 0 bridgehead atoms. The molecular formula is C19H23NO3S. The fourth-order valence-electron chi connectivity index (χ4n) is 2.69. The highest BCUT2D eigenvalue weighted by molar-refractivity contribution is 7.13. The van der Waals surface area contributed by atoms with Crippen molar-refractivity contribution in [1.29, 1.82) is 0 Å². The molecule has 0 radical (unpaired) electrons. The van der Waals surface area contributed by atoms with Gasteiger partial charge in [-0.05, 0) is 25.3 Å². The summed E-state index contributed by atoms with van der Waals surface area (Å²) in [7, 11) is 0. The molecule has 4 nitrogen and oxygen atoms in total. The van der Waals surface area contributed by atoms with Crippen LogP contribution in [-0.2, 0) is 16.0 Å². The van der Waals surface area contributed by atoms with E-state index in [0.29, 0.717) is 6.42 Å². The molecule has 1 atom stereocenters. The second-order valence-corrected chi connectivity index (χ2v) is 7.46. The van der Waals surface area contributed by atoms with Gasteiger partial charge in [0.1, 0.15) is 10.8 Å². The molecule has 0 spiro atoms. The summed E-state index contributed by atoms with van der Waals surface area (Å²) in [5.41, 5.74) is 2.93. The third-order valence-corrected chi connectivity index (χ3v) is 4.71. The van der Waals surface area contributed by atoms with E-state index in [1.807, 2.05) is 44.4 Å². The van der Waals surface area contributed by atoms with Gasteiger partial charge in [-0.2, -0.15) is 0 Å². The normalized spacial score (nSPS) is 12.3. The monoisotopic (exact) mass is 345 g/mol. The van der Waals surface area contributed by atoms with E-state index in [0.717, 1.165) is 16.3 Å². The molecule has 2 aromatic rings. The van der Waals surface area contributed by atoms with E-state index >= 15 is 0 Å². The summed E-state index contributed by atoms with van der Waals surface area (Å²) in [6, 6.07) is 8.08. The van der Waals surface area contributed by atoms with Crippen LogP contribution >= 0.6 is 11.3 Å². The van der Waals surface area contributed by atoms with Gasteiger partial charge in [-0.15, -0.1) is 11.3 Å². The molecule has 0 aliphatic rings. The molecule has 0 amide bonds. The van der Waals surface area contributed by atoms with E-state index in [4.69, 9.17) is 0 Å². The summed E-state index contributed by atoms with van der Waals surface area (Å²) in [5, 5.41) is 12.0. The number of aliphatic carboxylic acids is 1. The molecule has 0 saturated carbocycles. The molecule has 2 rings (SSSR count). The first-order valence-electron chi connectivity index (χ1n) is 8.11. The Kier molecular flexibility index (Phi) is 6.26. The molecule has 0 fully saturated rings. The smallest absolute Gasteiger partial charge is 0.306 e. The van der Waals surface area contributed by atoms with Gasteiger partial charge >= 0.3 is 5.97 Å². The Balaban J connectivity index is 2.01. The number of carboxylic acid groups (broad SMARTS) is 1. The Morgan fingerprint density at radius 1 is 1.29 bits per heavy atom. The number of carboxylic acids is 1. The first-order valence-corrected chi connectivity index (χ1v) is 8.99. The number of Topliss-reactive ketones (excluding diaryl/α,β-unsaturated/α-hetero) is 1. The third kappa shape index (κ3) is 5.27. The van der Waals surface area contributed by atoms with Crippen LogP contribution in [0.5, 0.6) is 0 Å². The van der Waals surface area contributed by atoms with Crippen LogP contribution in [0.4, 0.5) is 0 Å². The highest BCUT2D eigenvalue weighted by Crippen LogP contribution is 2.25. The van der Waals surface area contributed by atoms with Gasteiger partial charge in [0, 0.05) is 23.8 Å². The number of carbonyl (C=O) groups is 2. The fraction of sp³-hybridized carbons (Fsp3) is 0.421. The molecule has 1 heterocycles. The molecule has 1 N–H and O–H groups in total. The zero-order valence-corrected chi connectivity index (χ0v) is 15.1. The van der Waals surface area contributed by atoms with E-state index in [2.05, 4.69) is 11.1 Å². The number of aryl methyl sites for hydroxylation is 1. The van der Waals surface area contributed by atoms with E-state index < -0.39 is 11.9 Å². The maximum Gasteiger partial charge on any atom is 0.306 e. The Labute approximate surface area is 146 Å². The van der Waals surface area contributed by atoms with Crippen LogP contribution < -0.4 is 0 Å². The summed E-state index contributed by atoms with van der Waals surface area (Å²) in [6.07, 6.45) is 0.793. The van der Waals surface area contributed by atoms with Crippen LogP contribution in [0.3, 0.4) is 0 Å². The van der Waals surface area contributed by atoms with E-state index in [1.54, 1.807) is 0 Å². The fourth-order valence-corrected chi connectivity index (χ4v) is 3.51. The maximum absolute atomic E-state index is 12.2. The molecule has 1 aromatic carbocycles. The van der Waals surface area contributed by atoms with Crippen molar-refractivity contribution in [2.75, 3.05) is 0 Å². The first kappa shape index (κ1) is 18.3. The largest absolute Gasteiger partial charge is 0.481 e. The number of aromatic nitrogens is 1. The van der Waals surface area contributed by atoms with Gasteiger partial charge in [-0.3, -0.25) is 9.59 Å². The van der Waals surface area contributed by atoms with Crippen molar-refractivity contribution < 1.29 is 14.7 Å². The number of benzene rings is 1. The highest BCUT2D eigenvalue weighted by atomic mass is 32.1. The molecule has 0 aliphatic heterocycles. The highest BCUT2D eigenvalue weighted by Gasteiger charge is 2.22. The topological polar surface area (TPSA) is 67.3 Å². The van der Waals surface area contributed by atoms with Crippen molar-refractivity contribution in [1.82, 2.24) is 4.98 Å². The minimum atomic E-state index is -0.893. The Hall–Kier alpha value is -2.01. The molecular weight excluding hydrogens is 322 g/mol. The lowest BCUT2D eigenvalue weighted by atomic mass is 9.91. The van der Waals surface area contributed by atoms with Gasteiger partial charge in [0.25, 0.3) is 0 Å². The number of carbonyl (C=O) groups excluding carboxylic acids is 1. The van der Waals surface area contributed by atoms with Gasteiger partial charge in [-0.25, -0.2) is 4.98 Å². The van der Waals surface area contributed by atoms with Crippen LogP contribution in [0.25, 0.3) is 10.6 Å². The maximum atomic E-state index is 12.2. The first-order chi connectivity index (χ1) is 11.3. The molecule has 1 aromatic heterocycles. The second-order valence-electron chi connectivity index (χ2n) is 6.60. The standard InChI is InChI=1S/C19H23NO3S/c1-12(2)7-15(19(22)23)9-17(21)10-16-11-24-18(20-16)14-6-4-5-13(3)8-14/h4-6,8,11-12,15H,7,9-10H2,1-3H3,(H,22,23)/t15-/m1/s1. The molecule has 0 saturated heterocycles. The Bertz CT molecular complexity index is 721. The Morgan fingerprint density at radius 2 is 2.04 bits per heavy atom. The third-order valence-electron chi connectivity index (χ3n) is 3.77. The zero-order chi connectivity index (χ0) is 17.7. The van der Waals surface area contributed by atoms with Crippen LogP contribution in [0.15, 0.2) is 29.6 Å². The number of thiazole rings is 1. The van der Waals surface area contributed by atoms with Gasteiger partial charge in [-0.1, -0.05) is 37.6 Å². The van der Waals surface area contributed by atoms with Crippen molar-refractivity contribution in [3.8, 4) is 10.6 Å². The van der Waals surface area contributed by atoms with Crippen LogP contribution in [0, 0.1) is 18.8 Å². The molecule has 0 unspecified atom stereocenters. The SMILES string of the molecule is Cc1cccc(-c2nc(CC(=O)C[C@@H](CC(C)C)C(=O)O)cs2)c1. The number of hydrogen-bond donors (Lipinski definition) is 1. The Morgan fingerprint density at radius 3 is 2.67 bits per heavy atom. The molecule has 128 valence electrons. The van der Waals surface area contributed by atoms with Crippen molar-refractivity contribution in [2.45, 2.75) is 40.0 Å². The van der Waals surface area contributed by atoms with E-state index in [1.165, 1.54) is 16.9 Å². The molecule has 24 heavy (non-hydrogen) atoms. The number of rotatable bonds is 8. The predicted molar refractivity (Wildman–Crippen MR) is 96.2 cm³/mol. The minimum Gasteiger partial charge on any atom is -0.481 e. The van der Waals surface area contributed by atoms with Crippen LogP contribution in [0.1, 0.15) is 37.9 Å². The van der Waals surface area contributed by atoms with Gasteiger partial charge in [0.15, 0.2) is 0 Å². The van der Waals surface area contributed by atoms with Crippen LogP contribution in [-0.4, -0.2) is 21.8 Å². The lowest BCUT2D eigenvalue weighted by Crippen LogP contribution is -2.20. The summed E-state index contributed by atoms with van der Waals surface area (Å²) >= 11 is 1.51. The lowest BCUT2D eigenvalue weighted by molar-refractivity contribution is -0.144. The van der Waals surface area contributed by atoms with Crippen molar-refractivity contribution in [3.63, 3.8) is 0 Å². The van der Waals surface area contributed by atoms with Gasteiger partial charge in [0.2, 0.25) is 0 Å². The minimum absolute atomic E-state index is 0.0656.